The third-order valence-electron chi connectivity index (χ3n) is 2.68. The number of aliphatic carboxylic acids is 1. The third-order valence-corrected chi connectivity index (χ3v) is 3.05. The Morgan fingerprint density at radius 1 is 1.33 bits per heavy atom. The van der Waals surface area contributed by atoms with Gasteiger partial charge >= 0.3 is 5.97 Å². The summed E-state index contributed by atoms with van der Waals surface area (Å²) in [5.41, 5.74) is 0.659. The average Bonchev–Trinajstić information content (AvgIpc) is 2.45. The van der Waals surface area contributed by atoms with Crippen LogP contribution in [-0.4, -0.2) is 50.0 Å². The van der Waals surface area contributed by atoms with Crippen LogP contribution in [0, 0.1) is 0 Å². The van der Waals surface area contributed by atoms with Gasteiger partial charge in [-0.05, 0) is 11.6 Å². The van der Waals surface area contributed by atoms with Crippen molar-refractivity contribution < 1.29 is 24.2 Å². The van der Waals surface area contributed by atoms with Crippen LogP contribution in [0.1, 0.15) is 5.56 Å². The first kappa shape index (κ1) is 17.4. The first-order chi connectivity index (χ1) is 10.0. The lowest BCUT2D eigenvalue weighted by molar-refractivity contribution is -0.142. The van der Waals surface area contributed by atoms with E-state index in [4.69, 9.17) is 26.2 Å². The van der Waals surface area contributed by atoms with Crippen molar-refractivity contribution in [2.75, 3.05) is 26.9 Å². The van der Waals surface area contributed by atoms with Crippen molar-refractivity contribution in [3.8, 4) is 0 Å². The number of methoxy groups -OCH3 is 1. The summed E-state index contributed by atoms with van der Waals surface area (Å²) in [4.78, 5) is 22.8. The van der Waals surface area contributed by atoms with Crippen LogP contribution >= 0.6 is 11.6 Å². The number of carbonyl (C=O) groups excluding carboxylic acids is 1. The molecule has 7 heteroatoms. The topological polar surface area (TPSA) is 84.9 Å². The van der Waals surface area contributed by atoms with Gasteiger partial charge in [0.1, 0.15) is 12.6 Å². The summed E-state index contributed by atoms with van der Waals surface area (Å²) >= 11 is 5.98. The van der Waals surface area contributed by atoms with Crippen LogP contribution in [0.25, 0.3) is 0 Å². The standard InChI is InChI=1S/C14H18ClNO5/c1-20-6-7-21-9-13(17)16-12(14(18)19)8-10-4-2-3-5-11(10)15/h2-5,12H,6-9H2,1H3,(H,16,17)(H,18,19)/t12-/m0/s1. The zero-order valence-corrected chi connectivity index (χ0v) is 12.4. The Labute approximate surface area is 128 Å². The van der Waals surface area contributed by atoms with Gasteiger partial charge in [-0.3, -0.25) is 4.79 Å². The van der Waals surface area contributed by atoms with E-state index in [2.05, 4.69) is 5.32 Å². The van der Waals surface area contributed by atoms with Gasteiger partial charge in [0.15, 0.2) is 0 Å². The molecule has 0 radical (unpaired) electrons. The molecule has 1 atom stereocenters. The lowest BCUT2D eigenvalue weighted by Gasteiger charge is -2.15. The van der Waals surface area contributed by atoms with Crippen LogP contribution in [0.3, 0.4) is 0 Å². The molecule has 0 saturated carbocycles. The predicted molar refractivity (Wildman–Crippen MR) is 77.4 cm³/mol. The van der Waals surface area contributed by atoms with Gasteiger partial charge in [0.05, 0.1) is 13.2 Å². The van der Waals surface area contributed by atoms with Crippen LogP contribution in [0.4, 0.5) is 0 Å². The molecule has 1 amide bonds. The Bertz CT molecular complexity index is 480. The highest BCUT2D eigenvalue weighted by Crippen LogP contribution is 2.16. The van der Waals surface area contributed by atoms with Crippen molar-refractivity contribution in [1.29, 1.82) is 0 Å². The molecule has 0 heterocycles. The number of hydrogen-bond donors (Lipinski definition) is 2. The Balaban J connectivity index is 2.52. The number of carboxylic acids is 1. The highest BCUT2D eigenvalue weighted by Gasteiger charge is 2.21. The maximum absolute atomic E-state index is 11.6. The van der Waals surface area contributed by atoms with Gasteiger partial charge in [-0.15, -0.1) is 0 Å². The molecule has 0 bridgehead atoms. The maximum atomic E-state index is 11.6. The van der Waals surface area contributed by atoms with Gasteiger partial charge in [0, 0.05) is 18.6 Å². The molecule has 0 unspecified atom stereocenters. The number of amides is 1. The zero-order chi connectivity index (χ0) is 15.7. The molecular weight excluding hydrogens is 298 g/mol. The van der Waals surface area contributed by atoms with Crippen molar-refractivity contribution in [3.63, 3.8) is 0 Å². The Kier molecular flexibility index (Phi) is 7.74. The lowest BCUT2D eigenvalue weighted by atomic mass is 10.1. The monoisotopic (exact) mass is 315 g/mol. The van der Waals surface area contributed by atoms with Crippen molar-refractivity contribution in [2.24, 2.45) is 0 Å². The highest BCUT2D eigenvalue weighted by atomic mass is 35.5. The van der Waals surface area contributed by atoms with E-state index in [-0.39, 0.29) is 19.6 Å². The summed E-state index contributed by atoms with van der Waals surface area (Å²) in [6, 6.07) is 5.85. The second kappa shape index (κ2) is 9.33. The van der Waals surface area contributed by atoms with Gasteiger partial charge in [-0.25, -0.2) is 4.79 Å². The van der Waals surface area contributed by atoms with Crippen molar-refractivity contribution in [2.45, 2.75) is 12.5 Å². The van der Waals surface area contributed by atoms with E-state index in [1.807, 2.05) is 0 Å². The fraction of sp³-hybridized carbons (Fsp3) is 0.429. The van der Waals surface area contributed by atoms with E-state index in [0.717, 1.165) is 0 Å². The molecule has 0 saturated heterocycles. The molecule has 0 aromatic heterocycles. The molecule has 0 fully saturated rings. The Morgan fingerprint density at radius 3 is 2.67 bits per heavy atom. The number of hydrogen-bond acceptors (Lipinski definition) is 4. The van der Waals surface area contributed by atoms with E-state index in [0.29, 0.717) is 17.2 Å². The average molecular weight is 316 g/mol. The summed E-state index contributed by atoms with van der Waals surface area (Å²) < 4.78 is 9.80. The van der Waals surface area contributed by atoms with Gasteiger partial charge in [-0.1, -0.05) is 29.8 Å². The second-order valence-corrected chi connectivity index (χ2v) is 4.71. The summed E-state index contributed by atoms with van der Waals surface area (Å²) in [5.74, 6) is -1.62. The number of rotatable bonds is 9. The molecule has 2 N–H and O–H groups in total. The highest BCUT2D eigenvalue weighted by molar-refractivity contribution is 6.31. The van der Waals surface area contributed by atoms with Gasteiger partial charge in [-0.2, -0.15) is 0 Å². The van der Waals surface area contributed by atoms with Gasteiger partial charge in [0.25, 0.3) is 0 Å². The SMILES string of the molecule is COCCOCC(=O)N[C@@H](Cc1ccccc1Cl)C(=O)O. The molecule has 0 aliphatic carbocycles. The van der Waals surface area contributed by atoms with Crippen molar-refractivity contribution in [1.82, 2.24) is 5.32 Å². The van der Waals surface area contributed by atoms with E-state index < -0.39 is 17.9 Å². The van der Waals surface area contributed by atoms with Gasteiger partial charge < -0.3 is 19.9 Å². The fourth-order valence-electron chi connectivity index (χ4n) is 1.63. The maximum Gasteiger partial charge on any atom is 0.326 e. The number of carboxylic acid groups (broad SMARTS) is 1. The van der Waals surface area contributed by atoms with E-state index in [9.17, 15) is 9.59 Å². The Morgan fingerprint density at radius 2 is 2.05 bits per heavy atom. The van der Waals surface area contributed by atoms with E-state index in [1.54, 1.807) is 24.3 Å². The molecule has 21 heavy (non-hydrogen) atoms. The summed E-state index contributed by atoms with van der Waals surface area (Å²) in [5, 5.41) is 12.0. The lowest BCUT2D eigenvalue weighted by Crippen LogP contribution is -2.44. The zero-order valence-electron chi connectivity index (χ0n) is 11.7. The molecule has 1 aromatic rings. The number of carbonyl (C=O) groups is 2. The van der Waals surface area contributed by atoms with Crippen LogP contribution < -0.4 is 5.32 Å². The number of halogens is 1. The first-order valence-electron chi connectivity index (χ1n) is 6.37. The quantitative estimate of drug-likeness (QED) is 0.667. The Hall–Kier alpha value is -1.63. The second-order valence-electron chi connectivity index (χ2n) is 4.30. The van der Waals surface area contributed by atoms with E-state index >= 15 is 0 Å². The first-order valence-corrected chi connectivity index (χ1v) is 6.74. The summed E-state index contributed by atoms with van der Waals surface area (Å²) in [7, 11) is 1.52. The molecule has 0 aliphatic heterocycles. The normalized spacial score (nSPS) is 11.9. The van der Waals surface area contributed by atoms with Gasteiger partial charge in [0.2, 0.25) is 5.91 Å². The fourth-order valence-corrected chi connectivity index (χ4v) is 1.84. The summed E-state index contributed by atoms with van der Waals surface area (Å²) in [6.07, 6.45) is 0.110. The smallest absolute Gasteiger partial charge is 0.326 e. The molecule has 116 valence electrons. The van der Waals surface area contributed by atoms with Crippen molar-refractivity contribution >= 4 is 23.5 Å². The van der Waals surface area contributed by atoms with Crippen LogP contribution in [-0.2, 0) is 25.5 Å². The minimum Gasteiger partial charge on any atom is -0.480 e. The number of ether oxygens (including phenoxy) is 2. The molecule has 1 rings (SSSR count). The predicted octanol–water partition coefficient (Wildman–Crippen LogP) is 1.11. The molecular formula is C14H18ClNO5. The summed E-state index contributed by atoms with van der Waals surface area (Å²) in [6.45, 7) is 0.428. The van der Waals surface area contributed by atoms with Crippen LogP contribution in [0.5, 0.6) is 0 Å². The third kappa shape index (κ3) is 6.57. The number of benzene rings is 1. The minimum absolute atomic E-state index is 0.110. The minimum atomic E-state index is -1.12. The van der Waals surface area contributed by atoms with Crippen LogP contribution in [0.15, 0.2) is 24.3 Å². The molecule has 6 nitrogen and oxygen atoms in total. The molecule has 1 aromatic carbocycles. The molecule has 0 spiro atoms. The van der Waals surface area contributed by atoms with E-state index in [1.165, 1.54) is 7.11 Å². The number of nitrogens with one attached hydrogen (secondary N) is 1. The van der Waals surface area contributed by atoms with Crippen LogP contribution in [0.2, 0.25) is 5.02 Å². The largest absolute Gasteiger partial charge is 0.480 e. The van der Waals surface area contributed by atoms with Crippen molar-refractivity contribution in [3.05, 3.63) is 34.9 Å². The molecule has 0 aliphatic rings.